The van der Waals surface area contributed by atoms with Crippen LogP contribution in [0, 0.1) is 18.3 Å². The Hall–Kier alpha value is -5.00. The van der Waals surface area contributed by atoms with Gasteiger partial charge >= 0.3 is 0 Å². The standard InChI is InChI=1S/C28H38N12O2/c1-19-17-25(37-36-19)33-24-18-23(34-28(35-24)40(30)22-10-8-21(9-11-22)12-13-29)31-14-15-32-27(42)20(2)39(5)26(41)7-6-16-38(3)4/h6-11,17-18,20H,12,14-16,30H2,1-5H3,(H,32,42)(H3,31,33,34,35,36,37)/b7-6+/t20-/m0/s1. The van der Waals surface area contributed by atoms with Crippen LogP contribution in [0.3, 0.4) is 0 Å². The van der Waals surface area contributed by atoms with Crippen molar-refractivity contribution in [3.05, 3.63) is 59.8 Å². The van der Waals surface area contributed by atoms with Crippen LogP contribution in [0.15, 0.2) is 48.6 Å². The number of nitrogens with one attached hydrogen (secondary N) is 4. The van der Waals surface area contributed by atoms with Crippen LogP contribution in [0.4, 0.5) is 29.1 Å². The molecule has 0 bridgehead atoms. The lowest BCUT2D eigenvalue weighted by molar-refractivity contribution is -0.135. The minimum atomic E-state index is -0.648. The summed E-state index contributed by atoms with van der Waals surface area (Å²) in [6.45, 7) is 4.83. The Balaban J connectivity index is 1.66. The first-order valence-corrected chi connectivity index (χ1v) is 13.4. The minimum Gasteiger partial charge on any atom is -0.368 e. The van der Waals surface area contributed by atoms with E-state index < -0.39 is 6.04 Å². The molecule has 3 rings (SSSR count). The average molecular weight is 575 g/mol. The maximum Gasteiger partial charge on any atom is 0.248 e. The number of benzene rings is 1. The van der Waals surface area contributed by atoms with Crippen LogP contribution in [0.1, 0.15) is 18.2 Å². The van der Waals surface area contributed by atoms with Crippen LogP contribution in [0.5, 0.6) is 0 Å². The zero-order chi connectivity index (χ0) is 30.6. The van der Waals surface area contributed by atoms with Crippen molar-refractivity contribution in [1.29, 1.82) is 5.26 Å². The summed E-state index contributed by atoms with van der Waals surface area (Å²) in [5.74, 6) is 7.55. The predicted octanol–water partition coefficient (Wildman–Crippen LogP) is 1.82. The van der Waals surface area contributed by atoms with E-state index in [-0.39, 0.29) is 24.3 Å². The topological polar surface area (TPSA) is 184 Å². The number of amides is 2. The number of hydrogen-bond donors (Lipinski definition) is 5. The zero-order valence-corrected chi connectivity index (χ0v) is 24.5. The van der Waals surface area contributed by atoms with Gasteiger partial charge in [0.2, 0.25) is 17.8 Å². The number of anilines is 5. The molecular formula is C28H38N12O2. The van der Waals surface area contributed by atoms with Crippen molar-refractivity contribution in [1.82, 2.24) is 35.3 Å². The number of nitrogens with two attached hydrogens (primary N) is 1. The summed E-state index contributed by atoms with van der Waals surface area (Å²) in [5.41, 5.74) is 2.38. The van der Waals surface area contributed by atoms with E-state index in [2.05, 4.69) is 42.2 Å². The first-order chi connectivity index (χ1) is 20.1. The number of aryl methyl sites for hydroxylation is 1. The Bertz CT molecular complexity index is 1410. The molecule has 0 fully saturated rings. The van der Waals surface area contributed by atoms with Gasteiger partial charge < -0.3 is 25.8 Å². The third-order valence-corrected chi connectivity index (χ3v) is 6.16. The SMILES string of the molecule is Cc1cc(Nc2cc(NCCNC(=O)[C@H](C)N(C)C(=O)/C=C/CN(C)C)nc(N(N)c3ccc(CC#N)cc3)n2)n[nH]1. The molecule has 1 atom stereocenters. The maximum absolute atomic E-state index is 12.7. The number of rotatable bonds is 14. The second-order valence-electron chi connectivity index (χ2n) is 9.88. The van der Waals surface area contributed by atoms with Gasteiger partial charge in [0.1, 0.15) is 17.7 Å². The molecule has 42 heavy (non-hydrogen) atoms. The largest absolute Gasteiger partial charge is 0.368 e. The van der Waals surface area contributed by atoms with Crippen molar-refractivity contribution in [3.63, 3.8) is 0 Å². The number of aromatic amines is 1. The molecule has 3 aromatic rings. The number of aromatic nitrogens is 4. The molecule has 14 heteroatoms. The average Bonchev–Trinajstić information content (AvgIpc) is 3.38. The van der Waals surface area contributed by atoms with E-state index in [1.165, 1.54) is 16.0 Å². The van der Waals surface area contributed by atoms with Gasteiger partial charge in [-0.2, -0.15) is 20.3 Å². The molecule has 0 radical (unpaired) electrons. The van der Waals surface area contributed by atoms with Crippen LogP contribution >= 0.6 is 0 Å². The Kier molecular flexibility index (Phi) is 11.4. The van der Waals surface area contributed by atoms with Crippen LogP contribution in [0.25, 0.3) is 0 Å². The summed E-state index contributed by atoms with van der Waals surface area (Å²) in [5, 5.41) is 26.5. The molecule has 0 saturated carbocycles. The number of carbonyl (C=O) groups is 2. The quantitative estimate of drug-likeness (QED) is 0.0819. The van der Waals surface area contributed by atoms with Gasteiger partial charge in [-0.1, -0.05) is 18.2 Å². The van der Waals surface area contributed by atoms with Gasteiger partial charge in [0.25, 0.3) is 0 Å². The number of carbonyl (C=O) groups excluding carboxylic acids is 2. The molecule has 2 aromatic heterocycles. The van der Waals surface area contributed by atoms with E-state index in [4.69, 9.17) is 11.1 Å². The smallest absolute Gasteiger partial charge is 0.248 e. The van der Waals surface area contributed by atoms with Gasteiger partial charge in [-0.25, -0.2) is 10.9 Å². The van der Waals surface area contributed by atoms with Crippen molar-refractivity contribution < 1.29 is 9.59 Å². The van der Waals surface area contributed by atoms with Crippen molar-refractivity contribution >= 4 is 40.9 Å². The van der Waals surface area contributed by atoms with Crippen LogP contribution in [-0.2, 0) is 16.0 Å². The number of hydrazine groups is 1. The molecule has 14 nitrogen and oxygen atoms in total. The highest BCUT2D eigenvalue weighted by Gasteiger charge is 2.20. The number of likely N-dealkylation sites (N-methyl/N-ethyl adjacent to an activating group) is 2. The fourth-order valence-electron chi connectivity index (χ4n) is 3.66. The van der Waals surface area contributed by atoms with Crippen molar-refractivity contribution in [2.24, 2.45) is 5.84 Å². The molecule has 0 spiro atoms. The first-order valence-electron chi connectivity index (χ1n) is 13.4. The first kappa shape index (κ1) is 31.5. The van der Waals surface area contributed by atoms with Gasteiger partial charge in [0.15, 0.2) is 5.82 Å². The number of hydrogen-bond acceptors (Lipinski definition) is 11. The van der Waals surface area contributed by atoms with Gasteiger partial charge in [0.05, 0.1) is 18.2 Å². The van der Waals surface area contributed by atoms with Crippen LogP contribution < -0.4 is 26.8 Å². The van der Waals surface area contributed by atoms with Crippen molar-refractivity contribution in [2.75, 3.05) is 56.4 Å². The van der Waals surface area contributed by atoms with E-state index >= 15 is 0 Å². The lowest BCUT2D eigenvalue weighted by atomic mass is 10.1. The number of H-pyrrole nitrogens is 1. The second-order valence-corrected chi connectivity index (χ2v) is 9.88. The molecule has 222 valence electrons. The fraction of sp³-hybridized carbons (Fsp3) is 0.357. The molecule has 0 aliphatic rings. The summed E-state index contributed by atoms with van der Waals surface area (Å²) >= 11 is 0. The highest BCUT2D eigenvalue weighted by atomic mass is 16.2. The molecule has 2 heterocycles. The van der Waals surface area contributed by atoms with E-state index in [0.29, 0.717) is 42.7 Å². The zero-order valence-electron chi connectivity index (χ0n) is 24.5. The van der Waals surface area contributed by atoms with Gasteiger partial charge in [-0.3, -0.25) is 14.7 Å². The Labute approximate surface area is 245 Å². The number of nitrogens with zero attached hydrogens (tertiary/aromatic N) is 7. The Morgan fingerprint density at radius 3 is 2.45 bits per heavy atom. The van der Waals surface area contributed by atoms with Crippen molar-refractivity contribution in [2.45, 2.75) is 26.3 Å². The second kappa shape index (κ2) is 15.1. The van der Waals surface area contributed by atoms with E-state index in [1.54, 1.807) is 38.2 Å². The molecule has 1 aromatic carbocycles. The molecule has 0 aliphatic carbocycles. The lowest BCUT2D eigenvalue weighted by Crippen LogP contribution is -2.46. The molecule has 0 unspecified atom stereocenters. The fourth-order valence-corrected chi connectivity index (χ4v) is 3.66. The predicted molar refractivity (Wildman–Crippen MR) is 162 cm³/mol. The molecule has 0 aliphatic heterocycles. The van der Waals surface area contributed by atoms with Gasteiger partial charge in [0, 0.05) is 50.6 Å². The normalized spacial score (nSPS) is 11.7. The summed E-state index contributed by atoms with van der Waals surface area (Å²) in [7, 11) is 5.41. The molecular weight excluding hydrogens is 536 g/mol. The van der Waals surface area contributed by atoms with Crippen LogP contribution in [-0.4, -0.2) is 88.6 Å². The van der Waals surface area contributed by atoms with Gasteiger partial charge in [-0.15, -0.1) is 0 Å². The van der Waals surface area contributed by atoms with Gasteiger partial charge in [-0.05, 0) is 45.6 Å². The highest BCUT2D eigenvalue weighted by Crippen LogP contribution is 2.24. The third-order valence-electron chi connectivity index (χ3n) is 6.16. The van der Waals surface area contributed by atoms with E-state index in [0.717, 1.165) is 11.3 Å². The van der Waals surface area contributed by atoms with Crippen LogP contribution in [0.2, 0.25) is 0 Å². The minimum absolute atomic E-state index is 0.211. The molecule has 6 N–H and O–H groups in total. The Morgan fingerprint density at radius 2 is 1.81 bits per heavy atom. The monoisotopic (exact) mass is 574 g/mol. The lowest BCUT2D eigenvalue weighted by Gasteiger charge is -2.23. The van der Waals surface area contributed by atoms with E-state index in [9.17, 15) is 9.59 Å². The maximum atomic E-state index is 12.7. The van der Waals surface area contributed by atoms with Crippen molar-refractivity contribution in [3.8, 4) is 6.07 Å². The number of nitriles is 1. The summed E-state index contributed by atoms with van der Waals surface area (Å²) in [4.78, 5) is 37.4. The summed E-state index contributed by atoms with van der Waals surface area (Å²) < 4.78 is 0. The molecule has 0 saturated heterocycles. The summed E-state index contributed by atoms with van der Waals surface area (Å²) in [6, 6.07) is 12.2. The third kappa shape index (κ3) is 9.29. The molecule has 2 amide bonds. The van der Waals surface area contributed by atoms with E-state index in [1.807, 2.05) is 44.1 Å². The highest BCUT2D eigenvalue weighted by molar-refractivity contribution is 5.92. The Morgan fingerprint density at radius 1 is 1.10 bits per heavy atom. The summed E-state index contributed by atoms with van der Waals surface area (Å²) in [6.07, 6.45) is 3.52.